The maximum atomic E-state index is 13.5. The van der Waals surface area contributed by atoms with Crippen LogP contribution >= 0.6 is 0 Å². The standard InChI is InChI=1S/C24H31N3O3/c1-15(19-13-16-9-10-18(19)12-16)25-21(28)14-27-22(29)24(26-23(27)30)11-5-4-7-17-6-2-3-8-20(17)24/h2-3,6,8,15-16,18-19H,4-5,7,9-14H2,1H3,(H,25,28)(H,26,30). The molecule has 0 aromatic heterocycles. The van der Waals surface area contributed by atoms with Crippen LogP contribution < -0.4 is 10.6 Å². The summed E-state index contributed by atoms with van der Waals surface area (Å²) in [4.78, 5) is 40.1. The number of hydrogen-bond donors (Lipinski definition) is 2. The molecular formula is C24H31N3O3. The summed E-state index contributed by atoms with van der Waals surface area (Å²) in [6.07, 6.45) is 8.41. The molecule has 2 N–H and O–H groups in total. The molecule has 6 heteroatoms. The monoisotopic (exact) mass is 409 g/mol. The molecule has 1 spiro atoms. The highest BCUT2D eigenvalue weighted by atomic mass is 16.2. The van der Waals surface area contributed by atoms with Gasteiger partial charge in [-0.15, -0.1) is 0 Å². The SMILES string of the molecule is CC(NC(=O)CN1C(=O)NC2(CCCCc3ccccc32)C1=O)C1CC2CCC1C2. The van der Waals surface area contributed by atoms with Crippen molar-refractivity contribution >= 4 is 17.8 Å². The van der Waals surface area contributed by atoms with Gasteiger partial charge in [-0.25, -0.2) is 4.79 Å². The number of nitrogens with zero attached hydrogens (tertiary/aromatic N) is 1. The van der Waals surface area contributed by atoms with Gasteiger partial charge >= 0.3 is 6.03 Å². The largest absolute Gasteiger partial charge is 0.352 e. The lowest BCUT2D eigenvalue weighted by Crippen LogP contribution is -2.47. The van der Waals surface area contributed by atoms with Gasteiger partial charge in [0.2, 0.25) is 5.91 Å². The Kier molecular flexibility index (Phi) is 4.83. The Morgan fingerprint density at radius 2 is 2.07 bits per heavy atom. The van der Waals surface area contributed by atoms with Crippen molar-refractivity contribution in [1.82, 2.24) is 15.5 Å². The van der Waals surface area contributed by atoms with E-state index in [1.165, 1.54) is 25.7 Å². The summed E-state index contributed by atoms with van der Waals surface area (Å²) < 4.78 is 0. The fourth-order valence-electron chi connectivity index (χ4n) is 6.57. The number of urea groups is 1. The molecule has 160 valence electrons. The maximum absolute atomic E-state index is 13.5. The summed E-state index contributed by atoms with van der Waals surface area (Å²) in [5.41, 5.74) is 0.972. The van der Waals surface area contributed by atoms with Crippen molar-refractivity contribution in [2.75, 3.05) is 6.54 Å². The second-order valence-electron chi connectivity index (χ2n) is 9.79. The Morgan fingerprint density at radius 1 is 1.23 bits per heavy atom. The molecule has 1 aromatic rings. The van der Waals surface area contributed by atoms with Gasteiger partial charge in [0.1, 0.15) is 12.1 Å². The van der Waals surface area contributed by atoms with E-state index in [1.807, 2.05) is 24.3 Å². The molecule has 5 rings (SSSR count). The van der Waals surface area contributed by atoms with Crippen molar-refractivity contribution in [3.8, 4) is 0 Å². The van der Waals surface area contributed by atoms with Gasteiger partial charge in [0.15, 0.2) is 0 Å². The van der Waals surface area contributed by atoms with Gasteiger partial charge in [-0.1, -0.05) is 30.7 Å². The van der Waals surface area contributed by atoms with E-state index in [0.717, 1.165) is 41.2 Å². The van der Waals surface area contributed by atoms with E-state index in [2.05, 4.69) is 17.6 Å². The van der Waals surface area contributed by atoms with E-state index in [1.54, 1.807) is 0 Å². The van der Waals surface area contributed by atoms with Gasteiger partial charge in [0, 0.05) is 6.04 Å². The predicted molar refractivity (Wildman–Crippen MR) is 112 cm³/mol. The van der Waals surface area contributed by atoms with Gasteiger partial charge in [-0.05, 0) is 80.8 Å². The first kappa shape index (κ1) is 19.6. The van der Waals surface area contributed by atoms with Crippen LogP contribution in [-0.4, -0.2) is 35.3 Å². The molecule has 0 radical (unpaired) electrons. The number of hydrogen-bond acceptors (Lipinski definition) is 3. The fraction of sp³-hybridized carbons (Fsp3) is 0.625. The summed E-state index contributed by atoms with van der Waals surface area (Å²) in [6, 6.07) is 7.49. The Bertz CT molecular complexity index is 884. The molecule has 1 heterocycles. The highest BCUT2D eigenvalue weighted by molar-refractivity contribution is 6.09. The third-order valence-corrected chi connectivity index (χ3v) is 8.03. The minimum absolute atomic E-state index is 0.0844. The number of nitrogens with one attached hydrogen (secondary N) is 2. The van der Waals surface area contributed by atoms with Gasteiger partial charge < -0.3 is 10.6 Å². The van der Waals surface area contributed by atoms with Crippen LogP contribution in [0.2, 0.25) is 0 Å². The van der Waals surface area contributed by atoms with Crippen LogP contribution in [0.15, 0.2) is 24.3 Å². The molecule has 1 saturated heterocycles. The minimum atomic E-state index is -1.03. The fourth-order valence-corrected chi connectivity index (χ4v) is 6.57. The van der Waals surface area contributed by atoms with Crippen LogP contribution in [0.3, 0.4) is 0 Å². The summed E-state index contributed by atoms with van der Waals surface area (Å²) in [5, 5.41) is 6.04. The lowest BCUT2D eigenvalue weighted by Gasteiger charge is -2.29. The number of rotatable bonds is 4. The quantitative estimate of drug-likeness (QED) is 0.750. The topological polar surface area (TPSA) is 78.5 Å². The van der Waals surface area contributed by atoms with Gasteiger partial charge in [0.05, 0.1) is 0 Å². The Morgan fingerprint density at radius 3 is 2.83 bits per heavy atom. The van der Waals surface area contributed by atoms with Crippen molar-refractivity contribution < 1.29 is 14.4 Å². The van der Waals surface area contributed by atoms with E-state index >= 15 is 0 Å². The first-order valence-electron chi connectivity index (χ1n) is 11.5. The molecule has 4 aliphatic rings. The minimum Gasteiger partial charge on any atom is -0.352 e. The molecule has 3 fully saturated rings. The Hall–Kier alpha value is -2.37. The van der Waals surface area contributed by atoms with Crippen LogP contribution in [-0.2, 0) is 21.5 Å². The molecule has 4 amide bonds. The maximum Gasteiger partial charge on any atom is 0.325 e. The van der Waals surface area contributed by atoms with Crippen molar-refractivity contribution in [1.29, 1.82) is 0 Å². The zero-order valence-corrected chi connectivity index (χ0v) is 17.7. The van der Waals surface area contributed by atoms with E-state index in [9.17, 15) is 14.4 Å². The number of imide groups is 1. The normalized spacial score (nSPS) is 33.4. The van der Waals surface area contributed by atoms with Crippen molar-refractivity contribution in [3.05, 3.63) is 35.4 Å². The molecule has 1 aromatic carbocycles. The number of carbonyl (C=O) groups is 3. The number of carbonyl (C=O) groups excluding carboxylic acids is 3. The second-order valence-corrected chi connectivity index (χ2v) is 9.79. The molecule has 3 aliphatic carbocycles. The molecule has 6 nitrogen and oxygen atoms in total. The molecule has 2 bridgehead atoms. The highest BCUT2D eigenvalue weighted by Gasteiger charge is 2.53. The van der Waals surface area contributed by atoms with Crippen LogP contribution in [0, 0.1) is 17.8 Å². The summed E-state index contributed by atoms with van der Waals surface area (Å²) in [5.74, 6) is 1.53. The zero-order valence-electron chi connectivity index (χ0n) is 17.7. The second kappa shape index (κ2) is 7.40. The van der Waals surface area contributed by atoms with E-state index in [0.29, 0.717) is 18.3 Å². The Labute approximate surface area is 177 Å². The number of fused-ring (bicyclic) bond motifs is 4. The van der Waals surface area contributed by atoms with Crippen LogP contribution in [0.1, 0.15) is 63.0 Å². The lowest BCUT2D eigenvalue weighted by molar-refractivity contribution is -0.135. The van der Waals surface area contributed by atoms with E-state index in [4.69, 9.17) is 0 Å². The van der Waals surface area contributed by atoms with Gasteiger partial charge in [0.25, 0.3) is 5.91 Å². The molecular weight excluding hydrogens is 378 g/mol. The lowest BCUT2D eigenvalue weighted by atomic mass is 9.84. The third kappa shape index (κ3) is 3.12. The number of amides is 4. The van der Waals surface area contributed by atoms with E-state index in [-0.39, 0.29) is 24.4 Å². The third-order valence-electron chi connectivity index (χ3n) is 8.03. The smallest absolute Gasteiger partial charge is 0.325 e. The summed E-state index contributed by atoms with van der Waals surface area (Å²) in [6.45, 7) is 1.86. The molecule has 5 atom stereocenters. The molecule has 1 aliphatic heterocycles. The van der Waals surface area contributed by atoms with Crippen LogP contribution in [0.25, 0.3) is 0 Å². The number of benzene rings is 1. The average Bonchev–Trinajstić information content (AvgIpc) is 3.38. The Balaban J connectivity index is 1.30. The van der Waals surface area contributed by atoms with Gasteiger partial charge in [-0.2, -0.15) is 0 Å². The van der Waals surface area contributed by atoms with Gasteiger partial charge in [-0.3, -0.25) is 14.5 Å². The summed E-state index contributed by atoms with van der Waals surface area (Å²) in [7, 11) is 0. The zero-order chi connectivity index (χ0) is 20.9. The molecule has 5 unspecified atom stereocenters. The first-order chi connectivity index (χ1) is 14.5. The van der Waals surface area contributed by atoms with E-state index < -0.39 is 11.6 Å². The average molecular weight is 410 g/mol. The first-order valence-corrected chi connectivity index (χ1v) is 11.5. The molecule has 2 saturated carbocycles. The van der Waals surface area contributed by atoms with Crippen LogP contribution in [0.4, 0.5) is 4.79 Å². The number of aryl methyl sites for hydroxylation is 1. The van der Waals surface area contributed by atoms with Crippen molar-refractivity contribution in [2.24, 2.45) is 17.8 Å². The highest BCUT2D eigenvalue weighted by Crippen LogP contribution is 2.49. The summed E-state index contributed by atoms with van der Waals surface area (Å²) >= 11 is 0. The molecule has 30 heavy (non-hydrogen) atoms. The van der Waals surface area contributed by atoms with Crippen LogP contribution in [0.5, 0.6) is 0 Å². The van der Waals surface area contributed by atoms with Crippen molar-refractivity contribution in [3.63, 3.8) is 0 Å². The van der Waals surface area contributed by atoms with Crippen molar-refractivity contribution in [2.45, 2.75) is 69.9 Å². The predicted octanol–water partition coefficient (Wildman–Crippen LogP) is 3.10.